The van der Waals surface area contributed by atoms with Gasteiger partial charge >= 0.3 is 0 Å². The van der Waals surface area contributed by atoms with Gasteiger partial charge in [0, 0.05) is 52.5 Å². The second-order valence-electron chi connectivity index (χ2n) is 7.91. The molecule has 3 N–H and O–H groups in total. The van der Waals surface area contributed by atoms with Crippen LogP contribution in [0.5, 0.6) is 0 Å². The molecule has 1 aromatic heterocycles. The van der Waals surface area contributed by atoms with Crippen LogP contribution < -0.4 is 16.0 Å². The van der Waals surface area contributed by atoms with Gasteiger partial charge < -0.3 is 25.3 Å². The van der Waals surface area contributed by atoms with Gasteiger partial charge in [0.1, 0.15) is 12.4 Å². The van der Waals surface area contributed by atoms with E-state index in [4.69, 9.17) is 9.73 Å². The molecule has 32 heavy (non-hydrogen) atoms. The number of hydrogen-bond acceptors (Lipinski definition) is 6. The van der Waals surface area contributed by atoms with Gasteiger partial charge in [-0.15, -0.1) is 34.2 Å². The lowest BCUT2D eigenvalue weighted by Gasteiger charge is -2.32. The summed E-state index contributed by atoms with van der Waals surface area (Å²) in [7, 11) is 1.95. The van der Waals surface area contributed by atoms with Crippen LogP contribution in [0.15, 0.2) is 4.99 Å². The molecule has 0 saturated carbocycles. The zero-order valence-corrected chi connectivity index (χ0v) is 22.4. The van der Waals surface area contributed by atoms with E-state index in [9.17, 15) is 4.79 Å². The standard InChI is InChI=1S/C21H40N8O2.HI/c1-5-10-22-20(30)16-29-12-8-18(9-13-29)25-21(23-11-7-14-31-6-2)24-15-19-27-26-17(3)28(19)4;/h18H,5-16H2,1-4H3,(H,22,30)(H2,23,24,25);1H. The molecule has 1 aliphatic heterocycles. The third-order valence-electron chi connectivity index (χ3n) is 5.39. The summed E-state index contributed by atoms with van der Waals surface area (Å²) >= 11 is 0. The second kappa shape index (κ2) is 16.2. The van der Waals surface area contributed by atoms with E-state index in [-0.39, 0.29) is 29.9 Å². The summed E-state index contributed by atoms with van der Waals surface area (Å²) in [6.45, 7) is 11.8. The fourth-order valence-electron chi connectivity index (χ4n) is 3.37. The molecule has 1 amide bonds. The Morgan fingerprint density at radius 1 is 1.19 bits per heavy atom. The number of carbonyl (C=O) groups is 1. The van der Waals surface area contributed by atoms with E-state index >= 15 is 0 Å². The van der Waals surface area contributed by atoms with Crippen molar-refractivity contribution >= 4 is 35.8 Å². The average molecular weight is 565 g/mol. The quantitative estimate of drug-likeness (QED) is 0.152. The van der Waals surface area contributed by atoms with Crippen LogP contribution in [-0.4, -0.2) is 83.5 Å². The summed E-state index contributed by atoms with van der Waals surface area (Å²) in [5.41, 5.74) is 0. The number of guanidine groups is 1. The van der Waals surface area contributed by atoms with Crippen LogP contribution in [0.2, 0.25) is 0 Å². The van der Waals surface area contributed by atoms with Crippen LogP contribution in [0.25, 0.3) is 0 Å². The second-order valence-corrected chi connectivity index (χ2v) is 7.91. The van der Waals surface area contributed by atoms with E-state index < -0.39 is 0 Å². The number of amides is 1. The maximum Gasteiger partial charge on any atom is 0.234 e. The maximum absolute atomic E-state index is 12.0. The summed E-state index contributed by atoms with van der Waals surface area (Å²) in [5.74, 6) is 2.61. The molecule has 1 aromatic rings. The number of halogens is 1. The minimum Gasteiger partial charge on any atom is -0.382 e. The van der Waals surface area contributed by atoms with Gasteiger partial charge in [-0.1, -0.05) is 6.92 Å². The first kappa shape index (κ1) is 28.6. The Morgan fingerprint density at radius 3 is 2.56 bits per heavy atom. The van der Waals surface area contributed by atoms with Crippen molar-refractivity contribution in [1.82, 2.24) is 35.6 Å². The lowest BCUT2D eigenvalue weighted by molar-refractivity contribution is -0.122. The van der Waals surface area contributed by atoms with Gasteiger partial charge in [0.25, 0.3) is 0 Å². The number of aliphatic imine (C=N–C) groups is 1. The van der Waals surface area contributed by atoms with E-state index in [0.717, 1.165) is 82.7 Å². The SMILES string of the molecule is CCCNC(=O)CN1CCC(NC(=NCc2nnc(C)n2C)NCCCOCC)CC1.I. The van der Waals surface area contributed by atoms with E-state index in [0.29, 0.717) is 19.1 Å². The summed E-state index contributed by atoms with van der Waals surface area (Å²) in [4.78, 5) is 18.9. The van der Waals surface area contributed by atoms with Gasteiger partial charge in [0.15, 0.2) is 11.8 Å². The molecule has 2 heterocycles. The molecule has 0 aromatic carbocycles. The molecule has 0 unspecified atom stereocenters. The normalized spacial score (nSPS) is 15.3. The predicted molar refractivity (Wildman–Crippen MR) is 137 cm³/mol. The van der Waals surface area contributed by atoms with Crippen molar-refractivity contribution in [2.45, 2.75) is 59.0 Å². The number of aromatic nitrogens is 3. The lowest BCUT2D eigenvalue weighted by atomic mass is 10.1. The highest BCUT2D eigenvalue weighted by atomic mass is 127. The number of aryl methyl sites for hydroxylation is 1. The highest BCUT2D eigenvalue weighted by Crippen LogP contribution is 2.10. The van der Waals surface area contributed by atoms with Crippen LogP contribution in [0.4, 0.5) is 0 Å². The predicted octanol–water partition coefficient (Wildman–Crippen LogP) is 1.19. The van der Waals surface area contributed by atoms with Crippen LogP contribution in [-0.2, 0) is 23.1 Å². The Kier molecular flexibility index (Phi) is 14.5. The Hall–Kier alpha value is -1.47. The molecular weight excluding hydrogens is 523 g/mol. The number of likely N-dealkylation sites (tertiary alicyclic amines) is 1. The molecule has 0 radical (unpaired) electrons. The third-order valence-corrected chi connectivity index (χ3v) is 5.39. The van der Waals surface area contributed by atoms with Crippen LogP contribution >= 0.6 is 24.0 Å². The van der Waals surface area contributed by atoms with Crippen molar-refractivity contribution in [2.75, 3.05) is 45.9 Å². The molecular formula is C21H41IN8O2. The van der Waals surface area contributed by atoms with Crippen LogP contribution in [0.3, 0.4) is 0 Å². The van der Waals surface area contributed by atoms with Crippen molar-refractivity contribution in [3.8, 4) is 0 Å². The number of nitrogens with zero attached hydrogens (tertiary/aromatic N) is 5. The number of carbonyl (C=O) groups excluding carboxylic acids is 1. The number of piperidine rings is 1. The smallest absolute Gasteiger partial charge is 0.234 e. The summed E-state index contributed by atoms with van der Waals surface area (Å²) in [6.07, 6.45) is 3.84. The summed E-state index contributed by atoms with van der Waals surface area (Å²) in [5, 5.41) is 18.2. The molecule has 11 heteroatoms. The first-order valence-electron chi connectivity index (χ1n) is 11.5. The molecule has 0 aliphatic carbocycles. The van der Waals surface area contributed by atoms with Crippen molar-refractivity contribution < 1.29 is 9.53 Å². The van der Waals surface area contributed by atoms with Crippen LogP contribution in [0.1, 0.15) is 51.2 Å². The minimum absolute atomic E-state index is 0. The van der Waals surface area contributed by atoms with E-state index in [1.807, 2.05) is 25.5 Å². The van der Waals surface area contributed by atoms with Crippen LogP contribution in [0, 0.1) is 6.92 Å². The summed E-state index contributed by atoms with van der Waals surface area (Å²) in [6, 6.07) is 0.328. The molecule has 184 valence electrons. The van der Waals surface area contributed by atoms with E-state index in [2.05, 4.69) is 38.0 Å². The minimum atomic E-state index is 0. The molecule has 10 nitrogen and oxygen atoms in total. The van der Waals surface area contributed by atoms with Gasteiger partial charge in [-0.2, -0.15) is 0 Å². The Bertz CT molecular complexity index is 689. The van der Waals surface area contributed by atoms with Crippen molar-refractivity contribution in [3.63, 3.8) is 0 Å². The van der Waals surface area contributed by atoms with Gasteiger partial charge in [0.2, 0.25) is 5.91 Å². The van der Waals surface area contributed by atoms with Crippen molar-refractivity contribution in [1.29, 1.82) is 0 Å². The fraction of sp³-hybridized carbons (Fsp3) is 0.810. The Balaban J connectivity index is 0.00000512. The van der Waals surface area contributed by atoms with Gasteiger partial charge in [0.05, 0.1) is 6.54 Å². The number of rotatable bonds is 12. The monoisotopic (exact) mass is 564 g/mol. The zero-order chi connectivity index (χ0) is 22.5. The average Bonchev–Trinajstić information content (AvgIpc) is 3.09. The molecule has 1 aliphatic rings. The molecule has 1 saturated heterocycles. The molecule has 2 rings (SSSR count). The number of ether oxygens (including phenoxy) is 1. The molecule has 0 bridgehead atoms. The molecule has 0 atom stereocenters. The fourth-order valence-corrected chi connectivity index (χ4v) is 3.37. The van der Waals surface area contributed by atoms with E-state index in [1.165, 1.54) is 0 Å². The zero-order valence-electron chi connectivity index (χ0n) is 20.0. The van der Waals surface area contributed by atoms with Gasteiger partial charge in [-0.25, -0.2) is 4.99 Å². The largest absolute Gasteiger partial charge is 0.382 e. The highest BCUT2D eigenvalue weighted by Gasteiger charge is 2.21. The highest BCUT2D eigenvalue weighted by molar-refractivity contribution is 14.0. The number of nitrogens with one attached hydrogen (secondary N) is 3. The molecule has 0 spiro atoms. The molecule has 1 fully saturated rings. The van der Waals surface area contributed by atoms with Gasteiger partial charge in [-0.05, 0) is 39.5 Å². The van der Waals surface area contributed by atoms with Crippen molar-refractivity contribution in [3.05, 3.63) is 11.6 Å². The van der Waals surface area contributed by atoms with E-state index in [1.54, 1.807) is 0 Å². The lowest BCUT2D eigenvalue weighted by Crippen LogP contribution is -2.50. The Morgan fingerprint density at radius 2 is 1.94 bits per heavy atom. The topological polar surface area (TPSA) is 109 Å². The van der Waals surface area contributed by atoms with Gasteiger partial charge in [-0.3, -0.25) is 9.69 Å². The maximum atomic E-state index is 12.0. The Labute approximate surface area is 209 Å². The third kappa shape index (κ3) is 10.4. The summed E-state index contributed by atoms with van der Waals surface area (Å²) < 4.78 is 7.38. The van der Waals surface area contributed by atoms with Crippen molar-refractivity contribution in [2.24, 2.45) is 12.0 Å². The first-order valence-corrected chi connectivity index (χ1v) is 11.5. The first-order chi connectivity index (χ1) is 15.0. The number of hydrogen-bond donors (Lipinski definition) is 3.